The molecule has 1 fully saturated rings. The molecule has 0 atom stereocenters. The highest BCUT2D eigenvalue weighted by Crippen LogP contribution is 2.39. The predicted molar refractivity (Wildman–Crippen MR) is 118 cm³/mol. The van der Waals surface area contributed by atoms with E-state index in [9.17, 15) is 18.0 Å². The van der Waals surface area contributed by atoms with Crippen molar-refractivity contribution >= 4 is 27.5 Å². The third-order valence-corrected chi connectivity index (χ3v) is 8.40. The Kier molecular flexibility index (Phi) is 5.17. The SMILES string of the molecule is COc1ccccc1C(=O)N1CCN(S(=O)(=O)c2cc3c4c(c2)CCN4C(=O)CC3)CC1. The molecule has 5 rings (SSSR count). The minimum absolute atomic E-state index is 0.114. The van der Waals surface area contributed by atoms with Crippen molar-refractivity contribution in [3.63, 3.8) is 0 Å². The molecule has 1 saturated heterocycles. The lowest BCUT2D eigenvalue weighted by Crippen LogP contribution is -2.50. The second kappa shape index (κ2) is 7.90. The highest BCUT2D eigenvalue weighted by Gasteiger charge is 2.36. The molecule has 8 nitrogen and oxygen atoms in total. The number of ether oxygens (including phenoxy) is 1. The van der Waals surface area contributed by atoms with Crippen LogP contribution < -0.4 is 9.64 Å². The Morgan fingerprint density at radius 2 is 1.62 bits per heavy atom. The van der Waals surface area contributed by atoms with Gasteiger partial charge in [0, 0.05) is 39.1 Å². The van der Waals surface area contributed by atoms with Gasteiger partial charge in [-0.3, -0.25) is 9.59 Å². The summed E-state index contributed by atoms with van der Waals surface area (Å²) < 4.78 is 33.5. The quantitative estimate of drug-likeness (QED) is 0.700. The molecule has 32 heavy (non-hydrogen) atoms. The van der Waals surface area contributed by atoms with Crippen LogP contribution in [0.3, 0.4) is 0 Å². The maximum Gasteiger partial charge on any atom is 0.257 e. The van der Waals surface area contributed by atoms with Gasteiger partial charge in [-0.2, -0.15) is 4.31 Å². The van der Waals surface area contributed by atoms with Gasteiger partial charge in [-0.25, -0.2) is 8.42 Å². The number of rotatable bonds is 4. The topological polar surface area (TPSA) is 87.2 Å². The molecule has 3 aliphatic heterocycles. The highest BCUT2D eigenvalue weighted by atomic mass is 32.2. The van der Waals surface area contributed by atoms with Gasteiger partial charge in [-0.1, -0.05) is 12.1 Å². The summed E-state index contributed by atoms with van der Waals surface area (Å²) in [5, 5.41) is 0. The molecular formula is C23H25N3O5S. The monoisotopic (exact) mass is 455 g/mol. The molecule has 3 heterocycles. The van der Waals surface area contributed by atoms with Gasteiger partial charge in [0.2, 0.25) is 15.9 Å². The zero-order chi connectivity index (χ0) is 22.5. The van der Waals surface area contributed by atoms with E-state index in [1.807, 2.05) is 0 Å². The third-order valence-electron chi connectivity index (χ3n) is 6.53. The van der Waals surface area contributed by atoms with Gasteiger partial charge in [0.05, 0.1) is 23.3 Å². The van der Waals surface area contributed by atoms with Crippen LogP contribution in [0.5, 0.6) is 5.75 Å². The molecule has 0 unspecified atom stereocenters. The number of methoxy groups -OCH3 is 1. The number of para-hydroxylation sites is 1. The van der Waals surface area contributed by atoms with E-state index in [1.54, 1.807) is 46.2 Å². The second-order valence-corrected chi connectivity index (χ2v) is 10.2. The summed E-state index contributed by atoms with van der Waals surface area (Å²) in [6, 6.07) is 10.5. The smallest absolute Gasteiger partial charge is 0.257 e. The molecule has 0 bridgehead atoms. The van der Waals surface area contributed by atoms with Crippen LogP contribution in [0.4, 0.5) is 5.69 Å². The molecule has 2 aromatic rings. The van der Waals surface area contributed by atoms with Crippen LogP contribution in [0, 0.1) is 0 Å². The van der Waals surface area contributed by atoms with Crippen LogP contribution in [0.15, 0.2) is 41.3 Å². The van der Waals surface area contributed by atoms with Crippen LogP contribution in [0.25, 0.3) is 0 Å². The Morgan fingerprint density at radius 3 is 2.34 bits per heavy atom. The highest BCUT2D eigenvalue weighted by molar-refractivity contribution is 7.89. The molecule has 2 amide bonds. The van der Waals surface area contributed by atoms with Crippen molar-refractivity contribution in [1.29, 1.82) is 0 Å². The number of amides is 2. The Labute approximate surface area is 187 Å². The second-order valence-electron chi connectivity index (χ2n) is 8.28. The largest absolute Gasteiger partial charge is 0.496 e. The van der Waals surface area contributed by atoms with Crippen LogP contribution in [-0.4, -0.2) is 69.3 Å². The zero-order valence-electron chi connectivity index (χ0n) is 17.9. The number of piperazine rings is 1. The predicted octanol–water partition coefficient (Wildman–Crippen LogP) is 1.68. The lowest BCUT2D eigenvalue weighted by atomic mass is 10.00. The summed E-state index contributed by atoms with van der Waals surface area (Å²) in [4.78, 5) is 28.8. The van der Waals surface area contributed by atoms with Gasteiger partial charge >= 0.3 is 0 Å². The number of carbonyl (C=O) groups excluding carboxylic acids is 2. The van der Waals surface area contributed by atoms with Crippen LogP contribution in [0.1, 0.15) is 27.9 Å². The summed E-state index contributed by atoms with van der Waals surface area (Å²) in [7, 11) is -2.16. The van der Waals surface area contributed by atoms with Crippen LogP contribution >= 0.6 is 0 Å². The molecule has 9 heteroatoms. The minimum Gasteiger partial charge on any atom is -0.496 e. The van der Waals surface area contributed by atoms with Crippen molar-refractivity contribution in [3.8, 4) is 5.75 Å². The number of nitrogens with zero attached hydrogens (tertiary/aromatic N) is 3. The van der Waals surface area contributed by atoms with Crippen LogP contribution in [0.2, 0.25) is 0 Å². The van der Waals surface area contributed by atoms with Gasteiger partial charge in [0.1, 0.15) is 5.75 Å². The van der Waals surface area contributed by atoms with E-state index < -0.39 is 10.0 Å². The van der Waals surface area contributed by atoms with Gasteiger partial charge < -0.3 is 14.5 Å². The Bertz CT molecular complexity index is 1200. The fraction of sp³-hybridized carbons (Fsp3) is 0.391. The van der Waals surface area contributed by atoms with Gasteiger partial charge in [0.15, 0.2) is 0 Å². The standard InChI is InChI=1S/C23H25N3O5S/c1-31-20-5-3-2-4-19(20)23(28)24-10-12-25(13-11-24)32(29,30)18-14-16-6-7-21(27)26-9-8-17(15-18)22(16)26/h2-5,14-15H,6-13H2,1H3. The molecule has 0 radical (unpaired) electrons. The zero-order valence-corrected chi connectivity index (χ0v) is 18.7. The molecule has 0 aromatic heterocycles. The first kappa shape index (κ1) is 21.0. The molecule has 0 N–H and O–H groups in total. The first-order valence-electron chi connectivity index (χ1n) is 10.8. The van der Waals surface area contributed by atoms with Crippen molar-refractivity contribution in [2.24, 2.45) is 0 Å². The van der Waals surface area contributed by atoms with E-state index in [-0.39, 0.29) is 29.8 Å². The molecule has 0 aliphatic carbocycles. The minimum atomic E-state index is -3.68. The number of anilines is 1. The number of benzene rings is 2. The lowest BCUT2D eigenvalue weighted by Gasteiger charge is -2.34. The summed E-state index contributed by atoms with van der Waals surface area (Å²) in [6.45, 7) is 1.72. The summed E-state index contributed by atoms with van der Waals surface area (Å²) in [6.07, 6.45) is 1.67. The fourth-order valence-corrected chi connectivity index (χ4v) is 6.37. The summed E-state index contributed by atoms with van der Waals surface area (Å²) in [5.74, 6) is 0.459. The Morgan fingerprint density at radius 1 is 0.938 bits per heavy atom. The first-order valence-corrected chi connectivity index (χ1v) is 12.2. The van der Waals surface area contributed by atoms with E-state index >= 15 is 0 Å². The summed E-state index contributed by atoms with van der Waals surface area (Å²) in [5.41, 5.74) is 3.25. The van der Waals surface area contributed by atoms with Crippen molar-refractivity contribution in [3.05, 3.63) is 53.1 Å². The first-order chi connectivity index (χ1) is 15.4. The van der Waals surface area contributed by atoms with Crippen molar-refractivity contribution < 1.29 is 22.7 Å². The third kappa shape index (κ3) is 3.36. The Hall–Kier alpha value is -2.91. The molecule has 0 saturated carbocycles. The number of hydrogen-bond acceptors (Lipinski definition) is 5. The van der Waals surface area contributed by atoms with Gasteiger partial charge in [-0.15, -0.1) is 0 Å². The van der Waals surface area contributed by atoms with Crippen molar-refractivity contribution in [1.82, 2.24) is 9.21 Å². The number of carbonyl (C=O) groups is 2. The van der Waals surface area contributed by atoms with E-state index in [0.717, 1.165) is 16.8 Å². The maximum atomic E-state index is 13.4. The maximum absolute atomic E-state index is 13.4. The average molecular weight is 456 g/mol. The van der Waals surface area contributed by atoms with Crippen molar-refractivity contribution in [2.45, 2.75) is 24.2 Å². The van der Waals surface area contributed by atoms with E-state index in [2.05, 4.69) is 0 Å². The molecule has 3 aliphatic rings. The Balaban J connectivity index is 1.34. The fourth-order valence-electron chi connectivity index (χ4n) is 4.85. The normalized spacial score (nSPS) is 18.6. The van der Waals surface area contributed by atoms with Crippen molar-refractivity contribution in [2.75, 3.05) is 44.7 Å². The molecule has 0 spiro atoms. The van der Waals surface area contributed by atoms with E-state index in [0.29, 0.717) is 50.2 Å². The molecule has 2 aromatic carbocycles. The number of hydrogen-bond donors (Lipinski definition) is 0. The van der Waals surface area contributed by atoms with Gasteiger partial charge in [0.25, 0.3) is 5.91 Å². The lowest BCUT2D eigenvalue weighted by molar-refractivity contribution is -0.118. The summed E-state index contributed by atoms with van der Waals surface area (Å²) >= 11 is 0. The van der Waals surface area contributed by atoms with E-state index in [4.69, 9.17) is 4.74 Å². The number of aryl methyl sites for hydroxylation is 1. The molecular weight excluding hydrogens is 430 g/mol. The van der Waals surface area contributed by atoms with Gasteiger partial charge in [-0.05, 0) is 48.2 Å². The average Bonchev–Trinajstić information content (AvgIpc) is 3.26. The van der Waals surface area contributed by atoms with Crippen LogP contribution in [-0.2, 0) is 27.7 Å². The van der Waals surface area contributed by atoms with E-state index in [1.165, 1.54) is 11.4 Å². The molecule has 168 valence electrons. The number of sulfonamides is 1.